The molecule has 2 N–H and O–H groups in total. The first-order chi connectivity index (χ1) is 21.7. The number of carbonyl (C=O) groups excluding carboxylic acids is 2. The molecular weight excluding hydrogens is 566 g/mol. The van der Waals surface area contributed by atoms with E-state index in [4.69, 9.17) is 14.7 Å². The Hall–Kier alpha value is -3.76. The van der Waals surface area contributed by atoms with Gasteiger partial charge in [-0.05, 0) is 62.1 Å². The zero-order valence-corrected chi connectivity index (χ0v) is 27.0. The Bertz CT molecular complexity index is 1760. The standard InChI is InChI=1S/C35H45N7O3/c1-22-27-10-9-24-18-30(42(31(24)38-27)14-8-6-5-7-12-35(2,3)34(44)37-22)32-39-28-19-26-23(17-29(28)40(32)4)11-15-41(33(26)43)20-25-21-45-16-13-36-25/h9-10,17-19,22,25,36H,5-8,11-16,20-21H2,1-4H3,(H,37,44)/t22-,25+/m1/s1. The molecule has 238 valence electrons. The first-order valence-electron chi connectivity index (χ1n) is 16.6. The fraction of sp³-hybridized carbons (Fsp3) is 0.543. The minimum absolute atomic E-state index is 0.0707. The van der Waals surface area contributed by atoms with Crippen molar-refractivity contribution < 1.29 is 14.3 Å². The number of benzene rings is 1. The van der Waals surface area contributed by atoms with Crippen molar-refractivity contribution in [2.45, 2.75) is 77.9 Å². The molecule has 1 aromatic carbocycles. The van der Waals surface area contributed by atoms with E-state index in [-0.39, 0.29) is 23.9 Å². The van der Waals surface area contributed by atoms with E-state index >= 15 is 0 Å². The van der Waals surface area contributed by atoms with E-state index < -0.39 is 5.41 Å². The van der Waals surface area contributed by atoms with Crippen molar-refractivity contribution in [3.63, 3.8) is 0 Å². The van der Waals surface area contributed by atoms with E-state index in [0.29, 0.717) is 19.7 Å². The van der Waals surface area contributed by atoms with Gasteiger partial charge in [-0.3, -0.25) is 9.59 Å². The topological polar surface area (TPSA) is 106 Å². The van der Waals surface area contributed by atoms with Crippen LogP contribution in [0, 0.1) is 5.41 Å². The van der Waals surface area contributed by atoms with E-state index in [0.717, 1.165) is 109 Å². The largest absolute Gasteiger partial charge is 0.378 e. The van der Waals surface area contributed by atoms with Gasteiger partial charge in [0.1, 0.15) is 5.65 Å². The highest BCUT2D eigenvalue weighted by Gasteiger charge is 2.30. The number of ether oxygens (including phenoxy) is 1. The molecule has 0 spiro atoms. The lowest BCUT2D eigenvalue weighted by molar-refractivity contribution is -0.130. The van der Waals surface area contributed by atoms with Crippen LogP contribution in [-0.2, 0) is 29.5 Å². The zero-order chi connectivity index (χ0) is 31.3. The molecule has 0 saturated carbocycles. The molecule has 0 aliphatic carbocycles. The average molecular weight is 612 g/mol. The summed E-state index contributed by atoms with van der Waals surface area (Å²) in [5.41, 5.74) is 6.07. The van der Waals surface area contributed by atoms with Crippen LogP contribution in [0.5, 0.6) is 0 Å². The smallest absolute Gasteiger partial charge is 0.254 e. The highest BCUT2D eigenvalue weighted by molar-refractivity contribution is 6.00. The molecule has 2 atom stereocenters. The monoisotopic (exact) mass is 611 g/mol. The van der Waals surface area contributed by atoms with Crippen LogP contribution in [0.1, 0.15) is 80.5 Å². The number of pyridine rings is 1. The number of rotatable bonds is 3. The maximum atomic E-state index is 13.6. The summed E-state index contributed by atoms with van der Waals surface area (Å²) in [5, 5.41) is 7.74. The van der Waals surface area contributed by atoms with Crippen molar-refractivity contribution in [3.8, 4) is 11.5 Å². The van der Waals surface area contributed by atoms with E-state index in [2.05, 4.69) is 45.0 Å². The summed E-state index contributed by atoms with van der Waals surface area (Å²) in [7, 11) is 2.06. The van der Waals surface area contributed by atoms with Crippen molar-refractivity contribution >= 4 is 33.9 Å². The van der Waals surface area contributed by atoms with Gasteiger partial charge in [-0.1, -0.05) is 33.1 Å². The third-order valence-electron chi connectivity index (χ3n) is 10.0. The number of aryl methyl sites for hydroxylation is 2. The van der Waals surface area contributed by atoms with Gasteiger partial charge in [0.2, 0.25) is 5.91 Å². The molecule has 2 amide bonds. The van der Waals surface area contributed by atoms with Crippen LogP contribution in [0.15, 0.2) is 30.3 Å². The van der Waals surface area contributed by atoms with Crippen LogP contribution < -0.4 is 10.6 Å². The van der Waals surface area contributed by atoms with Crippen LogP contribution in [-0.4, -0.2) is 74.7 Å². The Kier molecular flexibility index (Phi) is 7.90. The molecule has 45 heavy (non-hydrogen) atoms. The third-order valence-corrected chi connectivity index (χ3v) is 10.0. The maximum absolute atomic E-state index is 13.6. The van der Waals surface area contributed by atoms with Crippen molar-refractivity contribution in [3.05, 3.63) is 47.2 Å². The van der Waals surface area contributed by atoms with Gasteiger partial charge in [-0.25, -0.2) is 9.97 Å². The Morgan fingerprint density at radius 3 is 2.71 bits per heavy atom. The molecule has 3 aliphatic heterocycles. The van der Waals surface area contributed by atoms with Gasteiger partial charge >= 0.3 is 0 Å². The minimum Gasteiger partial charge on any atom is -0.378 e. The van der Waals surface area contributed by atoms with Crippen LogP contribution in [0.4, 0.5) is 0 Å². The summed E-state index contributed by atoms with van der Waals surface area (Å²) < 4.78 is 10.1. The fourth-order valence-corrected chi connectivity index (χ4v) is 7.19. The van der Waals surface area contributed by atoms with Crippen LogP contribution in [0.25, 0.3) is 33.6 Å². The van der Waals surface area contributed by atoms with Crippen LogP contribution in [0.3, 0.4) is 0 Å². The summed E-state index contributed by atoms with van der Waals surface area (Å²) >= 11 is 0. The number of imidazole rings is 1. The summed E-state index contributed by atoms with van der Waals surface area (Å²) in [6.45, 7) is 10.5. The second-order valence-electron chi connectivity index (χ2n) is 13.8. The normalized spacial score (nSPS) is 22.9. The number of fused-ring (bicyclic) bond motifs is 3. The van der Waals surface area contributed by atoms with Gasteiger partial charge in [0.05, 0.1) is 41.7 Å². The Morgan fingerprint density at radius 1 is 1.04 bits per heavy atom. The first-order valence-corrected chi connectivity index (χ1v) is 16.6. The lowest BCUT2D eigenvalue weighted by Gasteiger charge is -2.33. The van der Waals surface area contributed by atoms with Gasteiger partial charge in [0.15, 0.2) is 5.82 Å². The summed E-state index contributed by atoms with van der Waals surface area (Å²) in [6.07, 6.45) is 5.92. The molecule has 1 saturated heterocycles. The Morgan fingerprint density at radius 2 is 1.89 bits per heavy atom. The van der Waals surface area contributed by atoms with Crippen LogP contribution >= 0.6 is 0 Å². The molecule has 10 heteroatoms. The van der Waals surface area contributed by atoms with Crippen molar-refractivity contribution in [1.82, 2.24) is 34.6 Å². The van der Waals surface area contributed by atoms with E-state index in [9.17, 15) is 9.59 Å². The quantitative estimate of drug-likeness (QED) is 0.347. The second-order valence-corrected chi connectivity index (χ2v) is 13.8. The predicted molar refractivity (Wildman–Crippen MR) is 175 cm³/mol. The molecule has 10 nitrogen and oxygen atoms in total. The average Bonchev–Trinajstić information content (AvgIpc) is 3.55. The number of hydrogen-bond donors (Lipinski definition) is 2. The number of morpholine rings is 1. The first kappa shape index (κ1) is 29.9. The van der Waals surface area contributed by atoms with Gasteiger partial charge in [-0.2, -0.15) is 0 Å². The number of nitrogens with one attached hydrogen (secondary N) is 2. The summed E-state index contributed by atoms with van der Waals surface area (Å²) in [6, 6.07) is 10.4. The molecule has 0 radical (unpaired) electrons. The fourth-order valence-electron chi connectivity index (χ4n) is 7.19. The van der Waals surface area contributed by atoms with Crippen molar-refractivity contribution in [1.29, 1.82) is 0 Å². The molecule has 1 fully saturated rings. The van der Waals surface area contributed by atoms with E-state index in [1.807, 2.05) is 37.8 Å². The summed E-state index contributed by atoms with van der Waals surface area (Å²) in [4.78, 5) is 39.0. The molecule has 7 rings (SSSR count). The Labute approximate surface area is 264 Å². The highest BCUT2D eigenvalue weighted by atomic mass is 16.5. The SMILES string of the molecule is C[C@H]1NC(=O)C(C)(C)CCCCCCn2c(-c3nc4cc5c(cc4n3C)CCN(C[C@H]3COCCN3)C5=O)cc3ccc1nc32. The lowest BCUT2D eigenvalue weighted by atomic mass is 9.85. The second kappa shape index (κ2) is 11.9. The molecule has 4 aromatic rings. The number of amides is 2. The molecule has 2 bridgehead atoms. The van der Waals surface area contributed by atoms with Crippen molar-refractivity contribution in [2.75, 3.05) is 32.8 Å². The van der Waals surface area contributed by atoms with Gasteiger partial charge in [0.25, 0.3) is 5.91 Å². The van der Waals surface area contributed by atoms with Gasteiger partial charge < -0.3 is 29.4 Å². The maximum Gasteiger partial charge on any atom is 0.254 e. The van der Waals surface area contributed by atoms with Crippen LogP contribution in [0.2, 0.25) is 0 Å². The zero-order valence-electron chi connectivity index (χ0n) is 27.0. The number of hydrogen-bond acceptors (Lipinski definition) is 6. The number of aromatic nitrogens is 4. The van der Waals surface area contributed by atoms with Gasteiger partial charge in [0, 0.05) is 55.6 Å². The van der Waals surface area contributed by atoms with Gasteiger partial charge in [-0.15, -0.1) is 0 Å². The highest BCUT2D eigenvalue weighted by Crippen LogP contribution is 2.33. The summed E-state index contributed by atoms with van der Waals surface area (Å²) in [5.74, 6) is 1.01. The third kappa shape index (κ3) is 5.63. The minimum atomic E-state index is -0.403. The predicted octanol–water partition coefficient (Wildman–Crippen LogP) is 4.74. The number of nitrogens with zero attached hydrogens (tertiary/aromatic N) is 5. The molecule has 3 aromatic heterocycles. The van der Waals surface area contributed by atoms with E-state index in [1.54, 1.807) is 0 Å². The Balaban J connectivity index is 1.25. The molecule has 3 aliphatic rings. The number of carbonyl (C=O) groups is 2. The van der Waals surface area contributed by atoms with Crippen molar-refractivity contribution in [2.24, 2.45) is 12.5 Å². The lowest BCUT2D eigenvalue weighted by Crippen LogP contribution is -2.51. The molecule has 6 heterocycles. The van der Waals surface area contributed by atoms with E-state index in [1.165, 1.54) is 0 Å². The molecule has 0 unspecified atom stereocenters. The molecular formula is C35H45N7O3.